The molecule has 6 heteroatoms. The van der Waals surface area contributed by atoms with E-state index in [-0.39, 0.29) is 0 Å². The predicted octanol–water partition coefficient (Wildman–Crippen LogP) is 17.9. The van der Waals surface area contributed by atoms with Gasteiger partial charge in [-0.1, -0.05) is 176 Å². The molecule has 0 spiro atoms. The zero-order chi connectivity index (χ0) is 49.8. The SMILES string of the molecule is c1ccc(-c2cc(-c3cc4c5cc(-n6c7ccccc7c7ccc8c(c9ccccc9n8-c8ccccc8)c76)ccc5n(-c5ccccc5)c4c4c5ccccc5n(-c5ccccc5)c34)nc(-c3ccccc3)n2)cc1. The molecular weight excluding hydrogens is 925 g/mol. The molecule has 6 nitrogen and oxygen atoms in total. The summed E-state index contributed by atoms with van der Waals surface area (Å²) in [4.78, 5) is 10.9. The van der Waals surface area contributed by atoms with Crippen LogP contribution in [0.2, 0.25) is 0 Å². The van der Waals surface area contributed by atoms with Gasteiger partial charge in [0.1, 0.15) is 0 Å². The van der Waals surface area contributed by atoms with Gasteiger partial charge in [-0.15, -0.1) is 0 Å². The van der Waals surface area contributed by atoms with Gasteiger partial charge in [0.05, 0.1) is 55.5 Å². The first-order valence-electron chi connectivity index (χ1n) is 25.9. The second-order valence-electron chi connectivity index (χ2n) is 19.7. The van der Waals surface area contributed by atoms with E-state index in [1.807, 2.05) is 6.07 Å². The van der Waals surface area contributed by atoms with Crippen molar-refractivity contribution in [1.82, 2.24) is 28.2 Å². The van der Waals surface area contributed by atoms with Crippen LogP contribution in [-0.2, 0) is 0 Å². The molecule has 0 unspecified atom stereocenters. The molecule has 0 saturated carbocycles. The highest BCUT2D eigenvalue weighted by atomic mass is 15.0. The van der Waals surface area contributed by atoms with E-state index in [0.717, 1.165) is 100.0 Å². The van der Waals surface area contributed by atoms with E-state index in [1.165, 1.54) is 38.1 Å². The number of nitrogens with zero attached hydrogens (tertiary/aromatic N) is 6. The minimum absolute atomic E-state index is 0.674. The van der Waals surface area contributed by atoms with Gasteiger partial charge in [-0.25, -0.2) is 9.97 Å². The van der Waals surface area contributed by atoms with Gasteiger partial charge < -0.3 is 18.3 Å². The first-order chi connectivity index (χ1) is 37.7. The van der Waals surface area contributed by atoms with Crippen LogP contribution in [0.3, 0.4) is 0 Å². The quantitative estimate of drug-likeness (QED) is 0.160. The third-order valence-corrected chi connectivity index (χ3v) is 15.5. The maximum Gasteiger partial charge on any atom is 0.160 e. The highest BCUT2D eigenvalue weighted by Gasteiger charge is 2.27. The van der Waals surface area contributed by atoms with E-state index >= 15 is 0 Å². The average molecular weight is 969 g/mol. The Labute approximate surface area is 436 Å². The van der Waals surface area contributed by atoms with E-state index < -0.39 is 0 Å². The summed E-state index contributed by atoms with van der Waals surface area (Å²) in [6.45, 7) is 0. The van der Waals surface area contributed by atoms with E-state index in [0.29, 0.717) is 5.82 Å². The largest absolute Gasteiger partial charge is 0.309 e. The van der Waals surface area contributed by atoms with Gasteiger partial charge in [0.15, 0.2) is 5.82 Å². The summed E-state index contributed by atoms with van der Waals surface area (Å²) in [5, 5.41) is 9.46. The summed E-state index contributed by atoms with van der Waals surface area (Å²) < 4.78 is 9.87. The Balaban J connectivity index is 1.08. The lowest BCUT2D eigenvalue weighted by Gasteiger charge is -2.15. The van der Waals surface area contributed by atoms with Crippen LogP contribution in [0.25, 0.3) is 144 Å². The molecule has 16 rings (SSSR count). The van der Waals surface area contributed by atoms with Crippen LogP contribution in [-0.4, -0.2) is 28.2 Å². The molecule has 0 amide bonds. The topological polar surface area (TPSA) is 45.5 Å². The Kier molecular flexibility index (Phi) is 9.23. The summed E-state index contributed by atoms with van der Waals surface area (Å²) in [5.74, 6) is 0.674. The Morgan fingerprint density at radius 1 is 0.237 bits per heavy atom. The van der Waals surface area contributed by atoms with Crippen molar-refractivity contribution >= 4 is 87.2 Å². The molecule has 354 valence electrons. The van der Waals surface area contributed by atoms with E-state index in [2.05, 4.69) is 279 Å². The van der Waals surface area contributed by atoms with Crippen molar-refractivity contribution in [2.75, 3.05) is 0 Å². The molecule has 0 aliphatic heterocycles. The van der Waals surface area contributed by atoms with Crippen LogP contribution in [0.5, 0.6) is 0 Å². The molecule has 0 atom stereocenters. The van der Waals surface area contributed by atoms with Crippen LogP contribution in [0, 0.1) is 0 Å². The van der Waals surface area contributed by atoms with E-state index in [9.17, 15) is 0 Å². The second-order valence-corrected chi connectivity index (χ2v) is 19.7. The smallest absolute Gasteiger partial charge is 0.160 e. The van der Waals surface area contributed by atoms with Crippen LogP contribution in [0.1, 0.15) is 0 Å². The number of rotatable bonds is 7. The fourth-order valence-electron chi connectivity index (χ4n) is 12.4. The van der Waals surface area contributed by atoms with Gasteiger partial charge in [-0.2, -0.15) is 0 Å². The van der Waals surface area contributed by atoms with Gasteiger partial charge in [-0.3, -0.25) is 0 Å². The van der Waals surface area contributed by atoms with Crippen molar-refractivity contribution in [1.29, 1.82) is 0 Å². The van der Waals surface area contributed by atoms with Gasteiger partial charge in [0, 0.05) is 82.5 Å². The predicted molar refractivity (Wildman–Crippen MR) is 316 cm³/mol. The first-order valence-corrected chi connectivity index (χ1v) is 25.9. The van der Waals surface area contributed by atoms with Crippen molar-refractivity contribution in [2.24, 2.45) is 0 Å². The van der Waals surface area contributed by atoms with Gasteiger partial charge in [-0.05, 0) is 91.0 Å². The number of benzene rings is 11. The Morgan fingerprint density at radius 2 is 0.684 bits per heavy atom. The molecule has 11 aromatic carbocycles. The molecule has 0 fully saturated rings. The minimum atomic E-state index is 0.674. The standard InChI is InChI=1S/C70H44N6/c1-6-22-45(23-7-1)58-44-59(72-70(71-58)46-24-8-2-9-25-46)57-43-56-55-42-50(76-60-35-19-16-32-51(60)52-39-41-64-65(67(52)76)53-33-17-20-36-61(53)73(64)47-26-10-3-11-27-47)38-40-63(55)75(49-30-14-5-15-31-49)68(56)66-54-34-18-21-37-62(54)74(69(57)66)48-28-12-4-13-29-48/h1-44H. The molecular formula is C70H44N6. The van der Waals surface area contributed by atoms with Gasteiger partial charge >= 0.3 is 0 Å². The molecule has 5 aromatic heterocycles. The number of hydrogen-bond acceptors (Lipinski definition) is 2. The van der Waals surface area contributed by atoms with Gasteiger partial charge in [0.25, 0.3) is 0 Å². The first kappa shape index (κ1) is 42.2. The lowest BCUT2D eigenvalue weighted by Crippen LogP contribution is -2.00. The Hall–Kier alpha value is -10.3. The van der Waals surface area contributed by atoms with Crippen LogP contribution >= 0.6 is 0 Å². The van der Waals surface area contributed by atoms with Crippen molar-refractivity contribution < 1.29 is 0 Å². The third-order valence-electron chi connectivity index (χ3n) is 15.5. The summed E-state index contributed by atoms with van der Waals surface area (Å²) in [6, 6.07) is 96.2. The van der Waals surface area contributed by atoms with Crippen molar-refractivity contribution in [3.63, 3.8) is 0 Å². The number of aromatic nitrogens is 6. The van der Waals surface area contributed by atoms with Gasteiger partial charge in [0.2, 0.25) is 0 Å². The molecule has 0 bridgehead atoms. The summed E-state index contributed by atoms with van der Waals surface area (Å²) >= 11 is 0. The van der Waals surface area contributed by atoms with Crippen molar-refractivity contribution in [3.05, 3.63) is 267 Å². The molecule has 5 heterocycles. The third kappa shape index (κ3) is 6.22. The van der Waals surface area contributed by atoms with Crippen molar-refractivity contribution in [2.45, 2.75) is 0 Å². The van der Waals surface area contributed by atoms with E-state index in [1.54, 1.807) is 0 Å². The summed E-state index contributed by atoms with van der Waals surface area (Å²) in [5.41, 5.74) is 18.2. The number of fused-ring (bicyclic) bond motifs is 14. The maximum atomic E-state index is 5.57. The highest BCUT2D eigenvalue weighted by molar-refractivity contribution is 6.30. The van der Waals surface area contributed by atoms with Crippen molar-refractivity contribution in [3.8, 4) is 56.7 Å². The minimum Gasteiger partial charge on any atom is -0.309 e. The Bertz CT molecular complexity index is 4890. The monoisotopic (exact) mass is 968 g/mol. The Morgan fingerprint density at radius 3 is 1.33 bits per heavy atom. The zero-order valence-electron chi connectivity index (χ0n) is 41.1. The molecule has 0 aliphatic rings. The van der Waals surface area contributed by atoms with E-state index in [4.69, 9.17) is 9.97 Å². The summed E-state index contributed by atoms with van der Waals surface area (Å²) in [6.07, 6.45) is 0. The average Bonchev–Trinajstić information content (AvgIpc) is 4.35. The zero-order valence-corrected chi connectivity index (χ0v) is 41.1. The normalized spacial score (nSPS) is 11.9. The fourth-order valence-corrected chi connectivity index (χ4v) is 12.4. The molecule has 0 saturated heterocycles. The highest BCUT2D eigenvalue weighted by Crippen LogP contribution is 2.48. The molecule has 0 radical (unpaired) electrons. The van der Waals surface area contributed by atoms with Crippen LogP contribution in [0.4, 0.5) is 0 Å². The molecule has 16 aromatic rings. The van der Waals surface area contributed by atoms with Crippen LogP contribution < -0.4 is 0 Å². The number of para-hydroxylation sites is 6. The van der Waals surface area contributed by atoms with Crippen LogP contribution in [0.15, 0.2) is 267 Å². The second kappa shape index (κ2) is 16.6. The fraction of sp³-hybridized carbons (Fsp3) is 0. The number of hydrogen-bond donors (Lipinski definition) is 0. The lowest BCUT2D eigenvalue weighted by atomic mass is 9.99. The lowest BCUT2D eigenvalue weighted by molar-refractivity contribution is 1.16. The molecule has 0 aliphatic carbocycles. The summed E-state index contributed by atoms with van der Waals surface area (Å²) in [7, 11) is 0. The maximum absolute atomic E-state index is 5.57. The molecule has 76 heavy (non-hydrogen) atoms. The molecule has 0 N–H and O–H groups in total.